The number of ether oxygens (including phenoxy) is 1. The van der Waals surface area contributed by atoms with Gasteiger partial charge < -0.3 is 4.74 Å². The second-order valence-corrected chi connectivity index (χ2v) is 8.23. The highest BCUT2D eigenvalue weighted by atomic mass is 32.2. The Kier molecular flexibility index (Phi) is 4.65. The molecule has 128 valence electrons. The van der Waals surface area contributed by atoms with Gasteiger partial charge in [-0.25, -0.2) is 13.1 Å². The Bertz CT molecular complexity index is 859. The van der Waals surface area contributed by atoms with E-state index in [1.807, 2.05) is 39.0 Å². The van der Waals surface area contributed by atoms with E-state index in [-0.39, 0.29) is 6.04 Å². The number of sulfonamides is 1. The van der Waals surface area contributed by atoms with Gasteiger partial charge in [-0.2, -0.15) is 0 Å². The lowest BCUT2D eigenvalue weighted by atomic mass is 10.0. The molecule has 0 saturated carbocycles. The Morgan fingerprint density at radius 1 is 1.12 bits per heavy atom. The molecule has 1 heterocycles. The molecule has 1 N–H and O–H groups in total. The highest BCUT2D eigenvalue weighted by molar-refractivity contribution is 7.89. The van der Waals surface area contributed by atoms with E-state index in [1.165, 1.54) is 5.56 Å². The molecule has 0 spiro atoms. The number of benzene rings is 2. The van der Waals surface area contributed by atoms with E-state index in [2.05, 4.69) is 10.8 Å². The van der Waals surface area contributed by atoms with Gasteiger partial charge in [0.1, 0.15) is 5.75 Å². The third-order valence-corrected chi connectivity index (χ3v) is 6.03. The van der Waals surface area contributed by atoms with Gasteiger partial charge in [0, 0.05) is 12.5 Å². The van der Waals surface area contributed by atoms with Crippen LogP contribution in [0.4, 0.5) is 0 Å². The van der Waals surface area contributed by atoms with Gasteiger partial charge in [-0.05, 0) is 67.6 Å². The highest BCUT2D eigenvalue weighted by Gasteiger charge is 2.19. The van der Waals surface area contributed by atoms with Gasteiger partial charge in [0.25, 0.3) is 0 Å². The van der Waals surface area contributed by atoms with E-state index in [9.17, 15) is 8.42 Å². The van der Waals surface area contributed by atoms with Crippen molar-refractivity contribution in [2.75, 3.05) is 6.61 Å². The maximum Gasteiger partial charge on any atom is 0.240 e. The average molecular weight is 345 g/mol. The number of hydrogen-bond donors (Lipinski definition) is 1. The Labute approximate surface area is 143 Å². The van der Waals surface area contributed by atoms with Gasteiger partial charge in [0.05, 0.1) is 11.5 Å². The topological polar surface area (TPSA) is 55.4 Å². The SMILES string of the molecule is Cc1ccc(S(=O)(=O)NC(C)Cc2ccc3c(c2)CCO3)cc1C. The first kappa shape index (κ1) is 17.0. The summed E-state index contributed by atoms with van der Waals surface area (Å²) in [6.07, 6.45) is 1.57. The number of aryl methyl sites for hydroxylation is 2. The monoisotopic (exact) mass is 345 g/mol. The summed E-state index contributed by atoms with van der Waals surface area (Å²) >= 11 is 0. The van der Waals surface area contributed by atoms with Crippen LogP contribution in [-0.2, 0) is 22.9 Å². The Hall–Kier alpha value is -1.85. The van der Waals surface area contributed by atoms with E-state index < -0.39 is 10.0 Å². The Morgan fingerprint density at radius 3 is 2.67 bits per heavy atom. The van der Waals surface area contributed by atoms with Crippen molar-refractivity contribution in [1.29, 1.82) is 0 Å². The molecule has 2 aromatic carbocycles. The van der Waals surface area contributed by atoms with Crippen LogP contribution in [0.1, 0.15) is 29.2 Å². The zero-order valence-corrected chi connectivity index (χ0v) is 15.1. The van der Waals surface area contributed by atoms with E-state index in [1.54, 1.807) is 12.1 Å². The van der Waals surface area contributed by atoms with Crippen LogP contribution in [0, 0.1) is 13.8 Å². The first-order chi connectivity index (χ1) is 11.3. The molecule has 4 nitrogen and oxygen atoms in total. The summed E-state index contributed by atoms with van der Waals surface area (Å²) in [5, 5.41) is 0. The number of hydrogen-bond acceptors (Lipinski definition) is 3. The maximum atomic E-state index is 12.6. The number of fused-ring (bicyclic) bond motifs is 1. The lowest BCUT2D eigenvalue weighted by molar-refractivity contribution is 0.357. The van der Waals surface area contributed by atoms with E-state index in [4.69, 9.17) is 4.74 Å². The molecule has 1 aliphatic heterocycles. The third-order valence-electron chi connectivity index (χ3n) is 4.44. The molecule has 0 radical (unpaired) electrons. The molecule has 3 rings (SSSR count). The van der Waals surface area contributed by atoms with Crippen molar-refractivity contribution in [1.82, 2.24) is 4.72 Å². The fourth-order valence-electron chi connectivity index (χ4n) is 2.98. The van der Waals surface area contributed by atoms with Crippen LogP contribution in [-0.4, -0.2) is 21.1 Å². The quantitative estimate of drug-likeness (QED) is 0.906. The van der Waals surface area contributed by atoms with Crippen molar-refractivity contribution in [3.8, 4) is 5.75 Å². The van der Waals surface area contributed by atoms with Crippen LogP contribution in [0.3, 0.4) is 0 Å². The molecule has 0 fully saturated rings. The van der Waals surface area contributed by atoms with Gasteiger partial charge in [-0.1, -0.05) is 18.2 Å². The van der Waals surface area contributed by atoms with Gasteiger partial charge in [-0.3, -0.25) is 0 Å². The van der Waals surface area contributed by atoms with Crippen LogP contribution in [0.5, 0.6) is 5.75 Å². The molecular weight excluding hydrogens is 322 g/mol. The minimum absolute atomic E-state index is 0.183. The predicted octanol–water partition coefficient (Wildman–Crippen LogP) is 3.15. The van der Waals surface area contributed by atoms with Crippen molar-refractivity contribution in [2.45, 2.75) is 44.6 Å². The van der Waals surface area contributed by atoms with Crippen molar-refractivity contribution >= 4 is 10.0 Å². The van der Waals surface area contributed by atoms with Crippen LogP contribution < -0.4 is 9.46 Å². The van der Waals surface area contributed by atoms with E-state index >= 15 is 0 Å². The third kappa shape index (κ3) is 3.62. The summed E-state index contributed by atoms with van der Waals surface area (Å²) in [6, 6.07) is 11.1. The van der Waals surface area contributed by atoms with Crippen molar-refractivity contribution in [3.63, 3.8) is 0 Å². The Balaban J connectivity index is 1.71. The average Bonchev–Trinajstić information content (AvgIpc) is 2.96. The fourth-order valence-corrected chi connectivity index (χ4v) is 4.30. The van der Waals surface area contributed by atoms with Gasteiger partial charge >= 0.3 is 0 Å². The Morgan fingerprint density at radius 2 is 1.92 bits per heavy atom. The molecule has 1 aliphatic rings. The molecule has 1 atom stereocenters. The molecule has 1 unspecified atom stereocenters. The highest BCUT2D eigenvalue weighted by Crippen LogP contribution is 2.26. The second-order valence-electron chi connectivity index (χ2n) is 6.51. The lowest BCUT2D eigenvalue weighted by Gasteiger charge is -2.15. The lowest BCUT2D eigenvalue weighted by Crippen LogP contribution is -2.34. The zero-order chi connectivity index (χ0) is 17.3. The normalized spacial score (nSPS) is 15.0. The molecule has 0 aliphatic carbocycles. The number of nitrogens with one attached hydrogen (secondary N) is 1. The number of rotatable bonds is 5. The van der Waals surface area contributed by atoms with Crippen molar-refractivity contribution in [3.05, 3.63) is 58.7 Å². The van der Waals surface area contributed by atoms with Crippen molar-refractivity contribution in [2.24, 2.45) is 0 Å². The molecule has 0 bridgehead atoms. The smallest absolute Gasteiger partial charge is 0.240 e. The summed E-state index contributed by atoms with van der Waals surface area (Å²) in [5.74, 6) is 0.946. The fraction of sp³-hybridized carbons (Fsp3) is 0.368. The predicted molar refractivity (Wildman–Crippen MR) is 95.0 cm³/mol. The standard InChI is InChI=1S/C19H23NO3S/c1-13-4-6-18(10-14(13)2)24(21,22)20-15(3)11-16-5-7-19-17(12-16)8-9-23-19/h4-7,10,12,15,20H,8-9,11H2,1-3H3. The molecular formula is C19H23NO3S. The van der Waals surface area contributed by atoms with E-state index in [0.717, 1.165) is 35.5 Å². The zero-order valence-electron chi connectivity index (χ0n) is 14.3. The first-order valence-electron chi connectivity index (χ1n) is 8.19. The second kappa shape index (κ2) is 6.57. The molecule has 2 aromatic rings. The summed E-state index contributed by atoms with van der Waals surface area (Å²) in [6.45, 7) is 6.51. The molecule has 0 saturated heterocycles. The van der Waals surface area contributed by atoms with Gasteiger partial charge in [-0.15, -0.1) is 0 Å². The molecule has 5 heteroatoms. The maximum absolute atomic E-state index is 12.6. The molecule has 24 heavy (non-hydrogen) atoms. The van der Waals surface area contributed by atoms with Gasteiger partial charge in [0.15, 0.2) is 0 Å². The molecule has 0 amide bonds. The van der Waals surface area contributed by atoms with Crippen LogP contribution in [0.15, 0.2) is 41.3 Å². The minimum Gasteiger partial charge on any atom is -0.493 e. The summed E-state index contributed by atoms with van der Waals surface area (Å²) in [7, 11) is -3.51. The van der Waals surface area contributed by atoms with Crippen LogP contribution in [0.25, 0.3) is 0 Å². The van der Waals surface area contributed by atoms with Crippen molar-refractivity contribution < 1.29 is 13.2 Å². The van der Waals surface area contributed by atoms with Crippen LogP contribution >= 0.6 is 0 Å². The molecule has 0 aromatic heterocycles. The van der Waals surface area contributed by atoms with Gasteiger partial charge in [0.2, 0.25) is 10.0 Å². The largest absolute Gasteiger partial charge is 0.493 e. The van der Waals surface area contributed by atoms with E-state index in [0.29, 0.717) is 11.3 Å². The summed E-state index contributed by atoms with van der Waals surface area (Å²) in [5.41, 5.74) is 4.39. The first-order valence-corrected chi connectivity index (χ1v) is 9.67. The summed E-state index contributed by atoms with van der Waals surface area (Å²) < 4.78 is 33.4. The minimum atomic E-state index is -3.51. The van der Waals surface area contributed by atoms with Crippen LogP contribution in [0.2, 0.25) is 0 Å². The summed E-state index contributed by atoms with van der Waals surface area (Å²) in [4.78, 5) is 0.319.